The highest BCUT2D eigenvalue weighted by molar-refractivity contribution is 5.94. The van der Waals surface area contributed by atoms with E-state index in [1.165, 1.54) is 25.7 Å². The Hall–Kier alpha value is -1.84. The fourth-order valence-electron chi connectivity index (χ4n) is 4.38. The minimum absolute atomic E-state index is 0.0213. The molecule has 2 amide bonds. The summed E-state index contributed by atoms with van der Waals surface area (Å²) < 4.78 is 0. The Balaban J connectivity index is 1.77. The van der Waals surface area contributed by atoms with Gasteiger partial charge in [-0.2, -0.15) is 0 Å². The van der Waals surface area contributed by atoms with Crippen molar-refractivity contribution in [1.29, 1.82) is 0 Å². The minimum atomic E-state index is -0.751. The van der Waals surface area contributed by atoms with Crippen molar-refractivity contribution in [3.63, 3.8) is 0 Å². The Kier molecular flexibility index (Phi) is 5.45. The van der Waals surface area contributed by atoms with Crippen molar-refractivity contribution in [2.75, 3.05) is 0 Å². The van der Waals surface area contributed by atoms with Gasteiger partial charge in [-0.25, -0.2) is 0 Å². The second kappa shape index (κ2) is 7.59. The molecule has 1 aromatic carbocycles. The van der Waals surface area contributed by atoms with Crippen LogP contribution in [-0.4, -0.2) is 28.3 Å². The first-order valence-electron chi connectivity index (χ1n) is 9.70. The lowest BCUT2D eigenvalue weighted by Gasteiger charge is -2.39. The average Bonchev–Trinajstić information content (AvgIpc) is 2.79. The van der Waals surface area contributed by atoms with Crippen molar-refractivity contribution in [2.45, 2.75) is 82.8 Å². The summed E-state index contributed by atoms with van der Waals surface area (Å²) in [5, 5.41) is 3.27. The summed E-state index contributed by atoms with van der Waals surface area (Å²) in [6.07, 6.45) is 8.06. The van der Waals surface area contributed by atoms with Crippen molar-refractivity contribution in [3.8, 4) is 0 Å². The lowest BCUT2D eigenvalue weighted by molar-refractivity contribution is -0.143. The normalized spacial score (nSPS) is 26.3. The van der Waals surface area contributed by atoms with Crippen LogP contribution in [0.2, 0.25) is 0 Å². The van der Waals surface area contributed by atoms with Gasteiger partial charge in [-0.05, 0) is 38.7 Å². The second-order valence-corrected chi connectivity index (χ2v) is 7.79. The summed E-state index contributed by atoms with van der Waals surface area (Å²) in [5.74, 6) is 0.0999. The van der Waals surface area contributed by atoms with Gasteiger partial charge in [0, 0.05) is 12.5 Å². The fraction of sp³-hybridized carbons (Fsp3) is 0.619. The van der Waals surface area contributed by atoms with E-state index in [4.69, 9.17) is 0 Å². The van der Waals surface area contributed by atoms with Crippen molar-refractivity contribution in [3.05, 3.63) is 35.9 Å². The van der Waals surface area contributed by atoms with Gasteiger partial charge in [-0.3, -0.25) is 9.59 Å². The number of rotatable bonds is 4. The van der Waals surface area contributed by atoms with Gasteiger partial charge in [0.1, 0.15) is 5.54 Å². The maximum Gasteiger partial charge on any atom is 0.245 e. The van der Waals surface area contributed by atoms with Crippen LogP contribution < -0.4 is 5.32 Å². The Bertz CT molecular complexity index is 608. The largest absolute Gasteiger partial charge is 0.351 e. The van der Waals surface area contributed by atoms with Crippen LogP contribution in [0.25, 0.3) is 0 Å². The van der Waals surface area contributed by atoms with Crippen LogP contribution in [0.15, 0.2) is 30.3 Å². The summed E-state index contributed by atoms with van der Waals surface area (Å²) in [6, 6.07) is 10.2. The molecule has 1 heterocycles. The Labute approximate surface area is 151 Å². The molecule has 0 bridgehead atoms. The van der Waals surface area contributed by atoms with Gasteiger partial charge < -0.3 is 10.2 Å². The number of carbonyl (C=O) groups excluding carboxylic acids is 2. The zero-order chi connectivity index (χ0) is 17.9. The number of amides is 2. The molecule has 1 saturated carbocycles. The van der Waals surface area contributed by atoms with Crippen molar-refractivity contribution < 1.29 is 9.59 Å². The molecule has 4 nitrogen and oxygen atoms in total. The molecule has 1 aliphatic heterocycles. The molecule has 1 aromatic rings. The van der Waals surface area contributed by atoms with Gasteiger partial charge in [0.25, 0.3) is 0 Å². The Morgan fingerprint density at radius 3 is 2.44 bits per heavy atom. The van der Waals surface area contributed by atoms with Crippen molar-refractivity contribution >= 4 is 11.8 Å². The van der Waals surface area contributed by atoms with Gasteiger partial charge in [0.15, 0.2) is 0 Å². The molecule has 0 spiro atoms. The number of nitrogens with one attached hydrogen (secondary N) is 1. The maximum atomic E-state index is 13.1. The first kappa shape index (κ1) is 18.0. The van der Waals surface area contributed by atoms with Crippen LogP contribution in [0, 0.1) is 0 Å². The van der Waals surface area contributed by atoms with E-state index in [1.807, 2.05) is 49.1 Å². The molecule has 1 aliphatic carbocycles. The Morgan fingerprint density at radius 2 is 1.80 bits per heavy atom. The predicted octanol–water partition coefficient (Wildman–Crippen LogP) is 3.97. The highest BCUT2D eigenvalue weighted by Gasteiger charge is 2.49. The summed E-state index contributed by atoms with van der Waals surface area (Å²) in [5.41, 5.74) is 0.324. The maximum absolute atomic E-state index is 13.1. The van der Waals surface area contributed by atoms with E-state index >= 15 is 0 Å². The predicted molar refractivity (Wildman–Crippen MR) is 99.0 cm³/mol. The molecule has 2 atom stereocenters. The molecule has 136 valence electrons. The molecule has 4 heteroatoms. The van der Waals surface area contributed by atoms with Crippen molar-refractivity contribution in [1.82, 2.24) is 10.2 Å². The summed E-state index contributed by atoms with van der Waals surface area (Å²) in [4.78, 5) is 27.6. The first-order chi connectivity index (χ1) is 12.0. The second-order valence-electron chi connectivity index (χ2n) is 7.79. The minimum Gasteiger partial charge on any atom is -0.351 e. The number of carbonyl (C=O) groups is 2. The van der Waals surface area contributed by atoms with Crippen LogP contribution in [0.3, 0.4) is 0 Å². The van der Waals surface area contributed by atoms with Crippen LogP contribution in [0.4, 0.5) is 0 Å². The van der Waals surface area contributed by atoms with Gasteiger partial charge in [0.05, 0.1) is 6.04 Å². The third-order valence-corrected chi connectivity index (χ3v) is 5.97. The molecule has 1 N–H and O–H groups in total. The summed E-state index contributed by atoms with van der Waals surface area (Å²) >= 11 is 0. The molecular weight excluding hydrogens is 312 g/mol. The quantitative estimate of drug-likeness (QED) is 0.842. The highest BCUT2D eigenvalue weighted by atomic mass is 16.2. The van der Waals surface area contributed by atoms with Crippen molar-refractivity contribution in [2.24, 2.45) is 0 Å². The molecule has 0 aromatic heterocycles. The van der Waals surface area contributed by atoms with E-state index in [-0.39, 0.29) is 23.9 Å². The van der Waals surface area contributed by atoms with Crippen LogP contribution in [0.1, 0.15) is 76.8 Å². The SMILES string of the molecule is C[C@@H](c1ccccc1)N1C(=O)CC[C@]1(C)C(=O)NC1CCCCCC1. The van der Waals surface area contributed by atoms with Crippen LogP contribution in [-0.2, 0) is 9.59 Å². The zero-order valence-electron chi connectivity index (χ0n) is 15.5. The number of benzene rings is 1. The van der Waals surface area contributed by atoms with E-state index in [9.17, 15) is 9.59 Å². The van der Waals surface area contributed by atoms with E-state index < -0.39 is 5.54 Å². The van der Waals surface area contributed by atoms with E-state index in [1.54, 1.807) is 0 Å². The lowest BCUT2D eigenvalue weighted by Crippen LogP contribution is -2.56. The van der Waals surface area contributed by atoms with E-state index in [0.717, 1.165) is 18.4 Å². The third-order valence-electron chi connectivity index (χ3n) is 5.97. The number of hydrogen-bond donors (Lipinski definition) is 1. The standard InChI is InChI=1S/C21H30N2O2/c1-16(17-10-6-5-7-11-17)23-19(24)14-15-21(23,2)20(25)22-18-12-8-3-4-9-13-18/h5-7,10-11,16,18H,3-4,8-9,12-15H2,1-2H3,(H,22,25)/t16-,21+/m0/s1. The first-order valence-corrected chi connectivity index (χ1v) is 9.70. The van der Waals surface area contributed by atoms with Crippen LogP contribution in [0.5, 0.6) is 0 Å². The number of hydrogen-bond acceptors (Lipinski definition) is 2. The molecule has 1 saturated heterocycles. The summed E-state index contributed by atoms with van der Waals surface area (Å²) in [7, 11) is 0. The number of nitrogens with zero attached hydrogens (tertiary/aromatic N) is 1. The fourth-order valence-corrected chi connectivity index (χ4v) is 4.38. The highest BCUT2D eigenvalue weighted by Crippen LogP contribution is 2.38. The summed E-state index contributed by atoms with van der Waals surface area (Å²) in [6.45, 7) is 3.96. The van der Waals surface area contributed by atoms with E-state index in [0.29, 0.717) is 12.8 Å². The van der Waals surface area contributed by atoms with Gasteiger partial charge >= 0.3 is 0 Å². The Morgan fingerprint density at radius 1 is 1.16 bits per heavy atom. The van der Waals surface area contributed by atoms with Gasteiger partial charge in [-0.15, -0.1) is 0 Å². The number of likely N-dealkylation sites (tertiary alicyclic amines) is 1. The van der Waals surface area contributed by atoms with Gasteiger partial charge in [0.2, 0.25) is 11.8 Å². The van der Waals surface area contributed by atoms with E-state index in [2.05, 4.69) is 5.32 Å². The zero-order valence-corrected chi connectivity index (χ0v) is 15.5. The van der Waals surface area contributed by atoms with Gasteiger partial charge in [-0.1, -0.05) is 56.0 Å². The topological polar surface area (TPSA) is 49.4 Å². The molecule has 2 fully saturated rings. The molecule has 3 rings (SSSR count). The van der Waals surface area contributed by atoms with Crippen LogP contribution >= 0.6 is 0 Å². The average molecular weight is 342 g/mol. The smallest absolute Gasteiger partial charge is 0.245 e. The molecular formula is C21H30N2O2. The molecule has 0 radical (unpaired) electrons. The molecule has 2 aliphatic rings. The molecule has 0 unspecified atom stereocenters. The molecule has 25 heavy (non-hydrogen) atoms. The lowest BCUT2D eigenvalue weighted by atomic mass is 9.93. The monoisotopic (exact) mass is 342 g/mol. The third kappa shape index (κ3) is 3.73.